The molecule has 0 amide bonds. The third-order valence-electron chi connectivity index (χ3n) is 2.70. The molecule has 2 aromatic carbocycles. The van der Waals surface area contributed by atoms with Gasteiger partial charge in [-0.3, -0.25) is 0 Å². The first-order chi connectivity index (χ1) is 8.08. The zero-order valence-electron chi connectivity index (χ0n) is 9.32. The fourth-order valence-electron chi connectivity index (χ4n) is 1.62. The maximum absolute atomic E-state index is 13.4. The smallest absolute Gasteiger partial charge is 0.126 e. The third-order valence-corrected chi connectivity index (χ3v) is 3.23. The maximum atomic E-state index is 13.4. The second-order valence-electron chi connectivity index (χ2n) is 3.96. The molecular formula is C14H12BrFO. The molecule has 1 unspecified atom stereocenters. The molecule has 17 heavy (non-hydrogen) atoms. The van der Waals surface area contributed by atoms with E-state index < -0.39 is 6.10 Å². The standard InChI is InChI=1S/C14H12BrFO/c1-9-2-3-11(8-13(9)16)14(17)10-4-6-12(15)7-5-10/h2-8,14,17H,1H3. The minimum absolute atomic E-state index is 0.293. The quantitative estimate of drug-likeness (QED) is 0.888. The highest BCUT2D eigenvalue weighted by Crippen LogP contribution is 2.24. The van der Waals surface area contributed by atoms with Crippen molar-refractivity contribution in [2.45, 2.75) is 13.0 Å². The zero-order chi connectivity index (χ0) is 12.4. The van der Waals surface area contributed by atoms with Crippen LogP contribution in [0.5, 0.6) is 0 Å². The first kappa shape index (κ1) is 12.3. The average molecular weight is 295 g/mol. The molecule has 0 aliphatic rings. The molecule has 0 aromatic heterocycles. The highest BCUT2D eigenvalue weighted by Gasteiger charge is 2.11. The second kappa shape index (κ2) is 4.98. The minimum Gasteiger partial charge on any atom is -0.384 e. The van der Waals surface area contributed by atoms with E-state index >= 15 is 0 Å². The third kappa shape index (κ3) is 2.73. The Hall–Kier alpha value is -1.19. The first-order valence-corrected chi connectivity index (χ1v) is 6.07. The van der Waals surface area contributed by atoms with E-state index in [0.29, 0.717) is 11.1 Å². The Labute approximate surface area is 108 Å². The summed E-state index contributed by atoms with van der Waals surface area (Å²) in [6.45, 7) is 1.70. The molecule has 0 saturated carbocycles. The fourth-order valence-corrected chi connectivity index (χ4v) is 1.88. The van der Waals surface area contributed by atoms with Crippen LogP contribution in [0.15, 0.2) is 46.9 Å². The van der Waals surface area contributed by atoms with E-state index in [0.717, 1.165) is 10.0 Å². The molecule has 0 aliphatic heterocycles. The van der Waals surface area contributed by atoms with Gasteiger partial charge in [-0.2, -0.15) is 0 Å². The van der Waals surface area contributed by atoms with Crippen molar-refractivity contribution in [2.24, 2.45) is 0 Å². The van der Waals surface area contributed by atoms with Crippen LogP contribution < -0.4 is 0 Å². The van der Waals surface area contributed by atoms with Gasteiger partial charge in [0.1, 0.15) is 11.9 Å². The lowest BCUT2D eigenvalue weighted by Crippen LogP contribution is -2.00. The van der Waals surface area contributed by atoms with Crippen molar-refractivity contribution in [2.75, 3.05) is 0 Å². The Bertz CT molecular complexity index is 522. The van der Waals surface area contributed by atoms with Crippen LogP contribution in [-0.4, -0.2) is 5.11 Å². The topological polar surface area (TPSA) is 20.2 Å². The summed E-state index contributed by atoms with van der Waals surface area (Å²) in [5, 5.41) is 10.1. The molecule has 1 atom stereocenters. The van der Waals surface area contributed by atoms with Crippen LogP contribution in [0.2, 0.25) is 0 Å². The van der Waals surface area contributed by atoms with Crippen LogP contribution in [-0.2, 0) is 0 Å². The number of aliphatic hydroxyl groups excluding tert-OH is 1. The van der Waals surface area contributed by atoms with Crippen molar-refractivity contribution in [1.82, 2.24) is 0 Å². The predicted molar refractivity (Wildman–Crippen MR) is 69.3 cm³/mol. The molecule has 1 N–H and O–H groups in total. The average Bonchev–Trinajstić information content (AvgIpc) is 2.33. The summed E-state index contributed by atoms with van der Waals surface area (Å²) in [7, 11) is 0. The molecule has 0 aliphatic carbocycles. The number of hydrogen-bond acceptors (Lipinski definition) is 1. The number of benzene rings is 2. The van der Waals surface area contributed by atoms with Gasteiger partial charge in [0.15, 0.2) is 0 Å². The summed E-state index contributed by atoms with van der Waals surface area (Å²) in [6, 6.07) is 12.1. The minimum atomic E-state index is -0.793. The number of halogens is 2. The number of rotatable bonds is 2. The van der Waals surface area contributed by atoms with E-state index in [2.05, 4.69) is 15.9 Å². The Morgan fingerprint density at radius 1 is 1.06 bits per heavy atom. The summed E-state index contributed by atoms with van der Waals surface area (Å²) in [4.78, 5) is 0. The summed E-state index contributed by atoms with van der Waals surface area (Å²) in [5.41, 5.74) is 1.89. The maximum Gasteiger partial charge on any atom is 0.126 e. The van der Waals surface area contributed by atoms with E-state index in [1.165, 1.54) is 6.07 Å². The van der Waals surface area contributed by atoms with Gasteiger partial charge in [-0.1, -0.05) is 40.2 Å². The monoisotopic (exact) mass is 294 g/mol. The van der Waals surface area contributed by atoms with Crippen molar-refractivity contribution in [1.29, 1.82) is 0 Å². The van der Waals surface area contributed by atoms with E-state index in [1.54, 1.807) is 19.1 Å². The van der Waals surface area contributed by atoms with E-state index in [1.807, 2.05) is 24.3 Å². The number of aliphatic hydroxyl groups is 1. The predicted octanol–water partition coefficient (Wildman–Crippen LogP) is 3.98. The van der Waals surface area contributed by atoms with Gasteiger partial charge in [0.05, 0.1) is 0 Å². The van der Waals surface area contributed by atoms with Gasteiger partial charge in [-0.15, -0.1) is 0 Å². The fraction of sp³-hybridized carbons (Fsp3) is 0.143. The van der Waals surface area contributed by atoms with Gasteiger partial charge < -0.3 is 5.11 Å². The largest absolute Gasteiger partial charge is 0.384 e. The summed E-state index contributed by atoms with van der Waals surface area (Å²) in [6.07, 6.45) is -0.793. The van der Waals surface area contributed by atoms with Crippen LogP contribution in [0, 0.1) is 12.7 Å². The van der Waals surface area contributed by atoms with Crippen molar-refractivity contribution < 1.29 is 9.50 Å². The van der Waals surface area contributed by atoms with Crippen molar-refractivity contribution in [3.05, 3.63) is 69.4 Å². The normalized spacial score (nSPS) is 12.5. The highest BCUT2D eigenvalue weighted by atomic mass is 79.9. The molecule has 0 fully saturated rings. The lowest BCUT2D eigenvalue weighted by molar-refractivity contribution is 0.220. The molecule has 2 aromatic rings. The van der Waals surface area contributed by atoms with Crippen LogP contribution >= 0.6 is 15.9 Å². The van der Waals surface area contributed by atoms with Gasteiger partial charge in [0, 0.05) is 4.47 Å². The van der Waals surface area contributed by atoms with Gasteiger partial charge in [-0.25, -0.2) is 4.39 Å². The van der Waals surface area contributed by atoms with Crippen molar-refractivity contribution in [3.8, 4) is 0 Å². The number of aryl methyl sites for hydroxylation is 1. The molecular weight excluding hydrogens is 283 g/mol. The summed E-state index contributed by atoms with van der Waals surface area (Å²) < 4.78 is 14.3. The highest BCUT2D eigenvalue weighted by molar-refractivity contribution is 9.10. The lowest BCUT2D eigenvalue weighted by Gasteiger charge is -2.12. The molecule has 0 heterocycles. The Morgan fingerprint density at radius 2 is 1.65 bits per heavy atom. The van der Waals surface area contributed by atoms with Gasteiger partial charge in [0.2, 0.25) is 0 Å². The second-order valence-corrected chi connectivity index (χ2v) is 4.88. The Kier molecular flexibility index (Phi) is 3.60. The van der Waals surface area contributed by atoms with Gasteiger partial charge >= 0.3 is 0 Å². The molecule has 0 bridgehead atoms. The van der Waals surface area contributed by atoms with Crippen LogP contribution in [0.1, 0.15) is 22.8 Å². The lowest BCUT2D eigenvalue weighted by atomic mass is 10.0. The van der Waals surface area contributed by atoms with Gasteiger partial charge in [-0.05, 0) is 41.8 Å². The van der Waals surface area contributed by atoms with E-state index in [9.17, 15) is 9.50 Å². The Balaban J connectivity index is 2.33. The molecule has 88 valence electrons. The SMILES string of the molecule is Cc1ccc(C(O)c2ccc(Br)cc2)cc1F. The van der Waals surface area contributed by atoms with Crippen LogP contribution in [0.25, 0.3) is 0 Å². The van der Waals surface area contributed by atoms with E-state index in [-0.39, 0.29) is 5.82 Å². The molecule has 0 spiro atoms. The van der Waals surface area contributed by atoms with E-state index in [4.69, 9.17) is 0 Å². The first-order valence-electron chi connectivity index (χ1n) is 5.27. The molecule has 1 nitrogen and oxygen atoms in total. The Morgan fingerprint density at radius 3 is 2.24 bits per heavy atom. The van der Waals surface area contributed by atoms with Crippen LogP contribution in [0.3, 0.4) is 0 Å². The van der Waals surface area contributed by atoms with Crippen LogP contribution in [0.4, 0.5) is 4.39 Å². The summed E-state index contributed by atoms with van der Waals surface area (Å²) >= 11 is 3.33. The zero-order valence-corrected chi connectivity index (χ0v) is 10.9. The summed E-state index contributed by atoms with van der Waals surface area (Å²) in [5.74, 6) is -0.293. The van der Waals surface area contributed by atoms with Crippen molar-refractivity contribution in [3.63, 3.8) is 0 Å². The van der Waals surface area contributed by atoms with Gasteiger partial charge in [0.25, 0.3) is 0 Å². The van der Waals surface area contributed by atoms with Crippen molar-refractivity contribution >= 4 is 15.9 Å². The molecule has 2 rings (SSSR count). The molecule has 0 saturated heterocycles. The number of hydrogen-bond donors (Lipinski definition) is 1. The molecule has 0 radical (unpaired) electrons. The molecule has 3 heteroatoms.